The van der Waals surface area contributed by atoms with E-state index < -0.39 is 38.8 Å². The molecule has 0 aromatic heterocycles. The van der Waals surface area contributed by atoms with Gasteiger partial charge >= 0.3 is 6.18 Å². The summed E-state index contributed by atoms with van der Waals surface area (Å²) >= 11 is 0. The van der Waals surface area contributed by atoms with Crippen molar-refractivity contribution in [3.63, 3.8) is 0 Å². The Morgan fingerprint density at radius 3 is 2.12 bits per heavy atom. The van der Waals surface area contributed by atoms with Gasteiger partial charge in [-0.15, -0.1) is 0 Å². The molecule has 1 N–H and O–H groups in total. The van der Waals surface area contributed by atoms with Crippen LogP contribution in [0.15, 0.2) is 47.4 Å². The van der Waals surface area contributed by atoms with Gasteiger partial charge < -0.3 is 0 Å². The number of nitrogens with zero attached hydrogens (tertiary/aromatic N) is 2. The van der Waals surface area contributed by atoms with E-state index in [2.05, 4.69) is 0 Å². The molecule has 0 atom stereocenters. The highest BCUT2D eigenvalue weighted by Gasteiger charge is 2.32. The molecule has 2 aromatic rings. The maximum Gasteiger partial charge on any atom is 0.416 e. The van der Waals surface area contributed by atoms with Crippen LogP contribution in [0.4, 0.5) is 13.2 Å². The van der Waals surface area contributed by atoms with Crippen molar-refractivity contribution >= 4 is 15.9 Å². The van der Waals surface area contributed by atoms with Crippen LogP contribution in [0, 0.1) is 22.7 Å². The molecule has 0 fully saturated rings. The lowest BCUT2D eigenvalue weighted by atomic mass is 10.0. The van der Waals surface area contributed by atoms with Gasteiger partial charge in [0.15, 0.2) is 0 Å². The molecule has 0 saturated heterocycles. The molecule has 0 bridgehead atoms. The Hall–Kier alpha value is -3.37. The van der Waals surface area contributed by atoms with E-state index >= 15 is 0 Å². The van der Waals surface area contributed by atoms with E-state index in [-0.39, 0.29) is 10.5 Å². The zero-order valence-electron chi connectivity index (χ0n) is 12.7. The second-order valence-electron chi connectivity index (χ2n) is 4.94. The standard InChI is InChI=1S/C16H8F3N3O3S/c17-16(18,19)12-3-6-14(11(7-12)9-21)15(23)22-26(24,25)13-4-1-10(8-20)2-5-13/h1-7H,(H,22,23). The number of amides is 1. The molecule has 0 unspecified atom stereocenters. The molecule has 6 nitrogen and oxygen atoms in total. The lowest BCUT2D eigenvalue weighted by Gasteiger charge is -2.11. The summed E-state index contributed by atoms with van der Waals surface area (Å²) in [6.07, 6.45) is -4.71. The topological polar surface area (TPSA) is 111 Å². The number of nitrogens with one attached hydrogen (secondary N) is 1. The molecule has 1 amide bonds. The van der Waals surface area contributed by atoms with E-state index in [1.54, 1.807) is 10.8 Å². The van der Waals surface area contributed by atoms with Crippen molar-refractivity contribution in [2.45, 2.75) is 11.1 Å². The summed E-state index contributed by atoms with van der Waals surface area (Å²) in [6.45, 7) is 0. The van der Waals surface area contributed by atoms with Gasteiger partial charge in [-0.3, -0.25) is 4.79 Å². The van der Waals surface area contributed by atoms with Crippen molar-refractivity contribution in [1.82, 2.24) is 4.72 Å². The molecule has 26 heavy (non-hydrogen) atoms. The Kier molecular flexibility index (Phi) is 5.00. The SMILES string of the molecule is N#Cc1ccc(S(=O)(=O)NC(=O)c2ccc(C(F)(F)F)cc2C#N)cc1. The molecule has 0 saturated carbocycles. The number of benzene rings is 2. The summed E-state index contributed by atoms with van der Waals surface area (Å²) in [5, 5.41) is 17.6. The Balaban J connectivity index is 2.34. The fourth-order valence-electron chi connectivity index (χ4n) is 1.96. The largest absolute Gasteiger partial charge is 0.416 e. The Labute approximate surface area is 146 Å². The fourth-order valence-corrected chi connectivity index (χ4v) is 2.92. The molecule has 0 spiro atoms. The zero-order valence-corrected chi connectivity index (χ0v) is 13.5. The first kappa shape index (κ1) is 19.0. The lowest BCUT2D eigenvalue weighted by Crippen LogP contribution is -2.31. The van der Waals surface area contributed by atoms with Crippen molar-refractivity contribution in [2.75, 3.05) is 0 Å². The van der Waals surface area contributed by atoms with Crippen LogP contribution in [-0.4, -0.2) is 14.3 Å². The molecule has 2 aromatic carbocycles. The number of hydrogen-bond acceptors (Lipinski definition) is 5. The molecule has 0 aliphatic rings. The second kappa shape index (κ2) is 6.86. The quantitative estimate of drug-likeness (QED) is 0.881. The van der Waals surface area contributed by atoms with Crippen LogP contribution in [0.25, 0.3) is 0 Å². The van der Waals surface area contributed by atoms with Crippen LogP contribution < -0.4 is 4.72 Å². The number of carbonyl (C=O) groups excluding carboxylic acids is 1. The summed E-state index contributed by atoms with van der Waals surface area (Å²) in [6, 6.07) is 9.61. The van der Waals surface area contributed by atoms with Gasteiger partial charge in [-0.05, 0) is 42.5 Å². The van der Waals surface area contributed by atoms with Crippen LogP contribution in [0.2, 0.25) is 0 Å². The maximum atomic E-state index is 12.7. The highest BCUT2D eigenvalue weighted by molar-refractivity contribution is 7.90. The minimum atomic E-state index is -4.71. The molecule has 10 heteroatoms. The van der Waals surface area contributed by atoms with E-state index in [4.69, 9.17) is 10.5 Å². The lowest BCUT2D eigenvalue weighted by molar-refractivity contribution is -0.137. The first-order valence-corrected chi connectivity index (χ1v) is 8.25. The Morgan fingerprint density at radius 1 is 1.00 bits per heavy atom. The van der Waals surface area contributed by atoms with Crippen molar-refractivity contribution in [3.8, 4) is 12.1 Å². The maximum absolute atomic E-state index is 12.7. The van der Waals surface area contributed by atoms with Gasteiger partial charge in [0.1, 0.15) is 0 Å². The average Bonchev–Trinajstić information content (AvgIpc) is 2.60. The van der Waals surface area contributed by atoms with E-state index in [9.17, 15) is 26.4 Å². The van der Waals surface area contributed by atoms with Gasteiger partial charge in [0.25, 0.3) is 15.9 Å². The van der Waals surface area contributed by atoms with Crippen molar-refractivity contribution in [1.29, 1.82) is 10.5 Å². The number of alkyl halides is 3. The predicted molar refractivity (Wildman–Crippen MR) is 82.0 cm³/mol. The summed E-state index contributed by atoms with van der Waals surface area (Å²) in [5.74, 6) is -1.25. The zero-order chi connectivity index (χ0) is 19.5. The van der Waals surface area contributed by atoms with Crippen molar-refractivity contribution < 1.29 is 26.4 Å². The van der Waals surface area contributed by atoms with E-state index in [0.717, 1.165) is 18.2 Å². The van der Waals surface area contributed by atoms with E-state index in [1.165, 1.54) is 18.2 Å². The van der Waals surface area contributed by atoms with Crippen LogP contribution in [0.5, 0.6) is 0 Å². The molecular weight excluding hydrogens is 371 g/mol. The molecule has 2 rings (SSSR count). The van der Waals surface area contributed by atoms with Crippen molar-refractivity contribution in [2.24, 2.45) is 0 Å². The number of sulfonamides is 1. The summed E-state index contributed by atoms with van der Waals surface area (Å²) in [5.41, 5.74) is -2.07. The summed E-state index contributed by atoms with van der Waals surface area (Å²) in [4.78, 5) is 11.8. The molecule has 0 radical (unpaired) electrons. The molecule has 0 aliphatic carbocycles. The van der Waals surface area contributed by atoms with Crippen molar-refractivity contribution in [3.05, 3.63) is 64.7 Å². The normalized spacial score (nSPS) is 11.3. The van der Waals surface area contributed by atoms with Gasteiger partial charge in [-0.2, -0.15) is 23.7 Å². The van der Waals surface area contributed by atoms with Crippen LogP contribution in [0.1, 0.15) is 27.0 Å². The summed E-state index contributed by atoms with van der Waals surface area (Å²) in [7, 11) is -4.34. The highest BCUT2D eigenvalue weighted by Crippen LogP contribution is 2.30. The third-order valence-electron chi connectivity index (χ3n) is 3.23. The molecule has 132 valence electrons. The van der Waals surface area contributed by atoms with Gasteiger partial charge in [0.2, 0.25) is 0 Å². The fraction of sp³-hybridized carbons (Fsp3) is 0.0625. The average molecular weight is 379 g/mol. The smallest absolute Gasteiger partial charge is 0.268 e. The van der Waals surface area contributed by atoms with Gasteiger partial charge in [-0.1, -0.05) is 0 Å². The monoisotopic (exact) mass is 379 g/mol. The van der Waals surface area contributed by atoms with E-state index in [0.29, 0.717) is 12.1 Å². The Morgan fingerprint density at radius 2 is 1.62 bits per heavy atom. The first-order valence-electron chi connectivity index (χ1n) is 6.77. The minimum Gasteiger partial charge on any atom is -0.268 e. The third kappa shape index (κ3) is 3.99. The van der Waals surface area contributed by atoms with Crippen LogP contribution in [0.3, 0.4) is 0 Å². The van der Waals surface area contributed by atoms with Gasteiger partial charge in [0.05, 0.1) is 39.3 Å². The highest BCUT2D eigenvalue weighted by atomic mass is 32.2. The van der Waals surface area contributed by atoms with Gasteiger partial charge in [-0.25, -0.2) is 13.1 Å². The molecule has 0 heterocycles. The predicted octanol–water partition coefficient (Wildman–Crippen LogP) is 2.57. The van der Waals surface area contributed by atoms with Crippen LogP contribution in [-0.2, 0) is 16.2 Å². The number of halogens is 3. The Bertz CT molecular complexity index is 1050. The molecular formula is C16H8F3N3O3S. The molecule has 0 aliphatic heterocycles. The second-order valence-corrected chi connectivity index (χ2v) is 6.62. The minimum absolute atomic E-state index is 0.199. The number of carbonyl (C=O) groups is 1. The number of hydrogen-bond donors (Lipinski definition) is 1. The van der Waals surface area contributed by atoms with E-state index in [1.807, 2.05) is 0 Å². The summed E-state index contributed by atoms with van der Waals surface area (Å²) < 4.78 is 64.0. The third-order valence-corrected chi connectivity index (χ3v) is 4.58. The number of rotatable bonds is 3. The van der Waals surface area contributed by atoms with Gasteiger partial charge in [0, 0.05) is 0 Å². The first-order chi connectivity index (χ1) is 12.1. The van der Waals surface area contributed by atoms with Crippen LogP contribution >= 0.6 is 0 Å². The number of nitriles is 2.